The maximum absolute atomic E-state index is 11.0. The second-order valence-corrected chi connectivity index (χ2v) is 2.14. The van der Waals surface area contributed by atoms with E-state index in [9.17, 15) is 4.79 Å². The summed E-state index contributed by atoms with van der Waals surface area (Å²) in [5, 5.41) is 0. The molecular formula is C8H14Cl2N2O2. The van der Waals surface area contributed by atoms with Gasteiger partial charge in [0.15, 0.2) is 5.54 Å². The predicted molar refractivity (Wildman–Crippen MR) is 60.5 cm³/mol. The Morgan fingerprint density at radius 3 is 2.43 bits per heavy atom. The first-order valence-corrected chi connectivity index (χ1v) is 3.33. The Hall–Kier alpha value is -0.730. The number of hydrogen-bond donors (Lipinski definition) is 2. The quantitative estimate of drug-likeness (QED) is 0.409. The minimum Gasteiger partial charge on any atom is -0.467 e. The molecule has 0 saturated carbocycles. The van der Waals surface area contributed by atoms with Gasteiger partial charge in [0, 0.05) is 6.54 Å². The van der Waals surface area contributed by atoms with Crippen LogP contribution in [-0.4, -0.2) is 25.2 Å². The van der Waals surface area contributed by atoms with Gasteiger partial charge in [-0.3, -0.25) is 0 Å². The number of esters is 1. The number of methoxy groups -OCH3 is 1. The van der Waals surface area contributed by atoms with Crippen molar-refractivity contribution in [3.05, 3.63) is 12.2 Å². The van der Waals surface area contributed by atoms with Crippen LogP contribution < -0.4 is 11.5 Å². The number of rotatable bonds is 3. The van der Waals surface area contributed by atoms with Crippen LogP contribution >= 0.6 is 24.8 Å². The molecule has 0 amide bonds. The van der Waals surface area contributed by atoms with Crippen LogP contribution in [0.2, 0.25) is 0 Å². The molecule has 0 aliphatic carbocycles. The lowest BCUT2D eigenvalue weighted by molar-refractivity contribution is -0.143. The van der Waals surface area contributed by atoms with Gasteiger partial charge in [-0.1, -0.05) is 12.0 Å². The second-order valence-electron chi connectivity index (χ2n) is 2.14. The molecule has 0 aromatic carbocycles. The minimum atomic E-state index is -1.49. The van der Waals surface area contributed by atoms with Crippen molar-refractivity contribution in [1.82, 2.24) is 0 Å². The number of hydrogen-bond acceptors (Lipinski definition) is 4. The lowest BCUT2D eigenvalue weighted by atomic mass is 10.0. The van der Waals surface area contributed by atoms with Crippen LogP contribution in [0, 0.1) is 12.3 Å². The fourth-order valence-electron chi connectivity index (χ4n) is 0.598. The van der Waals surface area contributed by atoms with Gasteiger partial charge in [-0.05, 0) is 6.08 Å². The molecule has 4 N–H and O–H groups in total. The highest BCUT2D eigenvalue weighted by molar-refractivity contribution is 5.87. The Bertz CT molecular complexity index is 238. The smallest absolute Gasteiger partial charge is 0.342 e. The summed E-state index contributed by atoms with van der Waals surface area (Å²) in [4.78, 5) is 11.0. The standard InChI is InChI=1S/C8H12N2O2.2ClH/c1-3-8(10,5-4-6-9)7(11)12-2;;/h1,4-5H,6,9-10H2,2H3;2*1H. The lowest BCUT2D eigenvalue weighted by Crippen LogP contribution is -2.45. The fraction of sp³-hybridized carbons (Fsp3) is 0.375. The molecule has 82 valence electrons. The molecule has 14 heavy (non-hydrogen) atoms. The van der Waals surface area contributed by atoms with Crippen molar-refractivity contribution < 1.29 is 9.53 Å². The summed E-state index contributed by atoms with van der Waals surface area (Å²) in [6.07, 6.45) is 7.91. The van der Waals surface area contributed by atoms with Crippen molar-refractivity contribution in [3.8, 4) is 12.3 Å². The van der Waals surface area contributed by atoms with E-state index in [0.717, 1.165) is 0 Å². The van der Waals surface area contributed by atoms with Crippen molar-refractivity contribution in [2.24, 2.45) is 11.5 Å². The zero-order chi connectivity index (χ0) is 9.61. The maximum atomic E-state index is 11.0. The van der Waals surface area contributed by atoms with Crippen LogP contribution in [0.1, 0.15) is 0 Å². The molecule has 4 nitrogen and oxygen atoms in total. The molecule has 1 atom stereocenters. The third-order valence-corrected chi connectivity index (χ3v) is 1.28. The SMILES string of the molecule is C#CC(N)(C=CCN)C(=O)OC.Cl.Cl. The molecule has 0 fully saturated rings. The summed E-state index contributed by atoms with van der Waals surface area (Å²) < 4.78 is 4.40. The summed E-state index contributed by atoms with van der Waals surface area (Å²) in [6.45, 7) is 0.275. The van der Waals surface area contributed by atoms with E-state index in [-0.39, 0.29) is 31.4 Å². The number of carbonyl (C=O) groups excluding carboxylic acids is 1. The molecule has 0 saturated heterocycles. The van der Waals surface area contributed by atoms with Gasteiger partial charge < -0.3 is 16.2 Å². The molecule has 0 heterocycles. The van der Waals surface area contributed by atoms with Crippen molar-refractivity contribution in [2.75, 3.05) is 13.7 Å². The monoisotopic (exact) mass is 240 g/mol. The van der Waals surface area contributed by atoms with E-state index in [1.54, 1.807) is 0 Å². The molecular weight excluding hydrogens is 227 g/mol. The number of halogens is 2. The van der Waals surface area contributed by atoms with Gasteiger partial charge in [0.2, 0.25) is 0 Å². The summed E-state index contributed by atoms with van der Waals surface area (Å²) in [6, 6.07) is 0. The Kier molecular flexibility index (Phi) is 12.0. The molecule has 0 aliphatic rings. The largest absolute Gasteiger partial charge is 0.467 e. The third kappa shape index (κ3) is 5.10. The average Bonchev–Trinajstić information content (AvgIpc) is 2.12. The second kappa shape index (κ2) is 8.85. The first-order valence-electron chi connectivity index (χ1n) is 3.33. The van der Waals surface area contributed by atoms with Gasteiger partial charge in [-0.25, -0.2) is 4.79 Å². The zero-order valence-electron chi connectivity index (χ0n) is 7.73. The minimum absolute atomic E-state index is 0. The summed E-state index contributed by atoms with van der Waals surface area (Å²) in [5.74, 6) is 1.45. The number of carbonyl (C=O) groups is 1. The van der Waals surface area contributed by atoms with Crippen LogP contribution in [-0.2, 0) is 9.53 Å². The molecule has 1 unspecified atom stereocenters. The summed E-state index contributed by atoms with van der Waals surface area (Å²) in [7, 11) is 1.22. The third-order valence-electron chi connectivity index (χ3n) is 1.28. The van der Waals surface area contributed by atoms with Crippen LogP contribution in [0.5, 0.6) is 0 Å². The molecule has 0 aromatic rings. The highest BCUT2D eigenvalue weighted by atomic mass is 35.5. The van der Waals surface area contributed by atoms with Crippen molar-refractivity contribution >= 4 is 30.8 Å². The highest BCUT2D eigenvalue weighted by Gasteiger charge is 2.29. The van der Waals surface area contributed by atoms with E-state index in [0.29, 0.717) is 0 Å². The van der Waals surface area contributed by atoms with Crippen LogP contribution in [0.15, 0.2) is 12.2 Å². The lowest BCUT2D eigenvalue weighted by Gasteiger charge is -2.15. The Balaban J connectivity index is -0.000000605. The number of ether oxygens (including phenoxy) is 1. The summed E-state index contributed by atoms with van der Waals surface area (Å²) >= 11 is 0. The van der Waals surface area contributed by atoms with E-state index in [2.05, 4.69) is 10.7 Å². The van der Waals surface area contributed by atoms with E-state index < -0.39 is 11.5 Å². The van der Waals surface area contributed by atoms with Gasteiger partial charge in [0.25, 0.3) is 0 Å². The van der Waals surface area contributed by atoms with E-state index in [1.165, 1.54) is 19.3 Å². The molecule has 0 bridgehead atoms. The first-order chi connectivity index (χ1) is 5.60. The molecule has 6 heteroatoms. The highest BCUT2D eigenvalue weighted by Crippen LogP contribution is 2.03. The predicted octanol–water partition coefficient (Wildman–Crippen LogP) is -0.151. The van der Waals surface area contributed by atoms with Crippen LogP contribution in [0.25, 0.3) is 0 Å². The van der Waals surface area contributed by atoms with E-state index >= 15 is 0 Å². The molecule has 0 aliphatic heterocycles. The average molecular weight is 241 g/mol. The van der Waals surface area contributed by atoms with Crippen LogP contribution in [0.3, 0.4) is 0 Å². The summed E-state index contributed by atoms with van der Waals surface area (Å²) in [5.41, 5.74) is 9.16. The Morgan fingerprint density at radius 2 is 2.14 bits per heavy atom. The topological polar surface area (TPSA) is 78.3 Å². The van der Waals surface area contributed by atoms with Gasteiger partial charge in [-0.2, -0.15) is 0 Å². The maximum Gasteiger partial charge on any atom is 0.342 e. The van der Waals surface area contributed by atoms with Gasteiger partial charge >= 0.3 is 5.97 Å². The van der Waals surface area contributed by atoms with Gasteiger partial charge in [0.05, 0.1) is 7.11 Å². The van der Waals surface area contributed by atoms with Crippen LogP contribution in [0.4, 0.5) is 0 Å². The first kappa shape index (κ1) is 18.9. The molecule has 0 spiro atoms. The van der Waals surface area contributed by atoms with Gasteiger partial charge in [0.1, 0.15) is 0 Å². The fourth-order valence-corrected chi connectivity index (χ4v) is 0.598. The molecule has 0 aromatic heterocycles. The zero-order valence-corrected chi connectivity index (χ0v) is 9.36. The van der Waals surface area contributed by atoms with Crippen molar-refractivity contribution in [1.29, 1.82) is 0 Å². The van der Waals surface area contributed by atoms with E-state index in [1.807, 2.05) is 0 Å². The van der Waals surface area contributed by atoms with Crippen molar-refractivity contribution in [2.45, 2.75) is 5.54 Å². The normalized spacial score (nSPS) is 13.0. The number of terminal acetylenes is 1. The Labute approximate surface area is 95.9 Å². The molecule has 0 rings (SSSR count). The van der Waals surface area contributed by atoms with E-state index in [4.69, 9.17) is 17.9 Å². The Morgan fingerprint density at radius 1 is 1.64 bits per heavy atom. The molecule has 0 radical (unpaired) electrons. The van der Waals surface area contributed by atoms with Gasteiger partial charge in [-0.15, -0.1) is 31.2 Å². The van der Waals surface area contributed by atoms with Crippen molar-refractivity contribution in [3.63, 3.8) is 0 Å². The number of nitrogens with two attached hydrogens (primary N) is 2.